The highest BCUT2D eigenvalue weighted by molar-refractivity contribution is 5.84. The van der Waals surface area contributed by atoms with Crippen LogP contribution in [0.2, 0.25) is 0 Å². The molecule has 2 aliphatic rings. The lowest BCUT2D eigenvalue weighted by atomic mass is 9.79. The van der Waals surface area contributed by atoms with Gasteiger partial charge >= 0.3 is 0 Å². The predicted molar refractivity (Wildman–Crippen MR) is 173 cm³/mol. The number of anilines is 1. The van der Waals surface area contributed by atoms with Crippen LogP contribution >= 0.6 is 0 Å². The maximum Gasteiger partial charge on any atom is 0.220 e. The molecular formula is C34H48N4O6. The molecule has 4 rings (SSSR count). The fourth-order valence-corrected chi connectivity index (χ4v) is 7.05. The third-order valence-electron chi connectivity index (χ3n) is 8.37. The molecule has 0 spiro atoms. The van der Waals surface area contributed by atoms with Crippen LogP contribution in [0.1, 0.15) is 83.9 Å². The highest BCUT2D eigenvalue weighted by Crippen LogP contribution is 2.50. The number of benzene rings is 1. The quantitative estimate of drug-likeness (QED) is 0.291. The Morgan fingerprint density at radius 3 is 2.25 bits per heavy atom. The molecule has 2 aromatic rings. The lowest BCUT2D eigenvalue weighted by Crippen LogP contribution is -2.62. The summed E-state index contributed by atoms with van der Waals surface area (Å²) < 4.78 is 17.1. The Bertz CT molecular complexity index is 1440. The summed E-state index contributed by atoms with van der Waals surface area (Å²) in [6, 6.07) is 6.91. The SMILES string of the molecule is COc1cc2c(c(OC)c1OC)-c1ccc(NCCCC(=O)NC3CC(C)(C)NC(C)(C)C3)c(=O)cc1[C@@H](NC(C)=O)CC2. The van der Waals surface area contributed by atoms with E-state index in [1.54, 1.807) is 33.5 Å². The Balaban J connectivity index is 1.56. The molecule has 1 saturated heterocycles. The molecule has 1 heterocycles. The number of nitrogens with one attached hydrogen (secondary N) is 4. The Hall–Kier alpha value is -3.79. The second-order valence-corrected chi connectivity index (χ2v) is 13.2. The van der Waals surface area contributed by atoms with Crippen LogP contribution in [0.25, 0.3) is 11.1 Å². The first-order valence-corrected chi connectivity index (χ1v) is 15.4. The summed E-state index contributed by atoms with van der Waals surface area (Å²) in [5, 5.41) is 13.1. The Morgan fingerprint density at radius 2 is 1.64 bits per heavy atom. The van der Waals surface area contributed by atoms with E-state index in [1.165, 1.54) is 6.92 Å². The number of rotatable bonds is 10. The molecule has 10 heteroatoms. The van der Waals surface area contributed by atoms with Crippen LogP contribution in [0.3, 0.4) is 0 Å². The van der Waals surface area contributed by atoms with Gasteiger partial charge in [-0.05, 0) is 94.7 Å². The van der Waals surface area contributed by atoms with Gasteiger partial charge in [-0.3, -0.25) is 14.4 Å². The van der Waals surface area contributed by atoms with Crippen LogP contribution in [0, 0.1) is 0 Å². The number of hydrogen-bond donors (Lipinski definition) is 4. The number of aryl methyl sites for hydroxylation is 1. The highest BCUT2D eigenvalue weighted by Gasteiger charge is 2.38. The predicted octanol–water partition coefficient (Wildman–Crippen LogP) is 4.48. The van der Waals surface area contributed by atoms with Crippen molar-refractivity contribution in [1.29, 1.82) is 0 Å². The van der Waals surface area contributed by atoms with Gasteiger partial charge in [-0.15, -0.1) is 0 Å². The zero-order valence-electron chi connectivity index (χ0n) is 27.4. The van der Waals surface area contributed by atoms with Gasteiger partial charge in [-0.1, -0.05) is 6.07 Å². The van der Waals surface area contributed by atoms with Gasteiger partial charge in [-0.25, -0.2) is 0 Å². The minimum atomic E-state index is -0.377. The first-order valence-electron chi connectivity index (χ1n) is 15.4. The average Bonchev–Trinajstić information content (AvgIpc) is 3.16. The third-order valence-corrected chi connectivity index (χ3v) is 8.37. The normalized spacial score (nSPS) is 18.6. The molecule has 0 saturated carbocycles. The zero-order chi connectivity index (χ0) is 32.2. The van der Waals surface area contributed by atoms with Crippen LogP contribution in [0.4, 0.5) is 5.69 Å². The van der Waals surface area contributed by atoms with Crippen molar-refractivity contribution in [1.82, 2.24) is 16.0 Å². The number of carbonyl (C=O) groups excluding carboxylic acids is 2. The molecular weight excluding hydrogens is 560 g/mol. The molecule has 1 fully saturated rings. The first kappa shape index (κ1) is 33.1. The van der Waals surface area contributed by atoms with E-state index < -0.39 is 0 Å². The number of amides is 2. The monoisotopic (exact) mass is 608 g/mol. The molecule has 0 unspecified atom stereocenters. The largest absolute Gasteiger partial charge is 0.493 e. The molecule has 0 bridgehead atoms. The van der Waals surface area contributed by atoms with Crippen molar-refractivity contribution < 1.29 is 23.8 Å². The molecule has 1 aliphatic heterocycles. The number of methoxy groups -OCH3 is 3. The number of fused-ring (bicyclic) bond motifs is 3. The van der Waals surface area contributed by atoms with E-state index in [2.05, 4.69) is 49.0 Å². The van der Waals surface area contributed by atoms with E-state index in [4.69, 9.17) is 14.2 Å². The van der Waals surface area contributed by atoms with Crippen LogP contribution in [-0.2, 0) is 16.0 Å². The summed E-state index contributed by atoms with van der Waals surface area (Å²) in [6.45, 7) is 10.6. The topological polar surface area (TPSA) is 127 Å². The summed E-state index contributed by atoms with van der Waals surface area (Å²) in [7, 11) is 4.71. The lowest BCUT2D eigenvalue weighted by Gasteiger charge is -2.46. The molecule has 0 radical (unpaired) electrons. The van der Waals surface area contributed by atoms with E-state index >= 15 is 0 Å². The molecule has 240 valence electrons. The fourth-order valence-electron chi connectivity index (χ4n) is 7.05. The molecule has 1 aliphatic carbocycles. The molecule has 2 aromatic carbocycles. The smallest absolute Gasteiger partial charge is 0.220 e. The number of piperidine rings is 1. The van der Waals surface area contributed by atoms with Crippen molar-refractivity contribution in [2.24, 2.45) is 0 Å². The van der Waals surface area contributed by atoms with Crippen molar-refractivity contribution in [3.05, 3.63) is 45.6 Å². The number of hydrogen-bond acceptors (Lipinski definition) is 8. The minimum absolute atomic E-state index is 0.0178. The van der Waals surface area contributed by atoms with Gasteiger partial charge in [0.25, 0.3) is 0 Å². The molecule has 44 heavy (non-hydrogen) atoms. The Morgan fingerprint density at radius 1 is 0.955 bits per heavy atom. The third kappa shape index (κ3) is 7.64. The molecule has 4 N–H and O–H groups in total. The standard InChI is InChI=1S/C34H48N4O6/c1-20(39)36-25-13-11-21-16-28(42-6)31(43-7)32(44-8)30(21)23-12-14-26(27(40)17-24(23)25)35-15-9-10-29(41)37-22-18-33(2,3)38-34(4,5)19-22/h12,14,16-17,22,25,38H,9-11,13,15,18-19H2,1-8H3,(H,35,40)(H,36,39)(H,37,41)/t25-/m0/s1. The van der Waals surface area contributed by atoms with Crippen LogP contribution in [0.15, 0.2) is 29.1 Å². The van der Waals surface area contributed by atoms with Gasteiger partial charge in [0.05, 0.1) is 33.1 Å². The van der Waals surface area contributed by atoms with Crippen molar-refractivity contribution >= 4 is 17.5 Å². The average molecular weight is 609 g/mol. The Labute approximate surface area is 260 Å². The summed E-state index contributed by atoms with van der Waals surface area (Å²) in [6.07, 6.45) is 3.89. The van der Waals surface area contributed by atoms with Gasteiger partial charge in [-0.2, -0.15) is 0 Å². The van der Waals surface area contributed by atoms with Crippen LogP contribution < -0.4 is 40.9 Å². The number of ether oxygens (including phenoxy) is 3. The second kappa shape index (κ2) is 13.5. The van der Waals surface area contributed by atoms with E-state index in [0.29, 0.717) is 60.7 Å². The summed E-state index contributed by atoms with van der Waals surface area (Å²) in [5.41, 5.74) is 3.36. The van der Waals surface area contributed by atoms with Crippen molar-refractivity contribution in [3.63, 3.8) is 0 Å². The first-order chi connectivity index (χ1) is 20.8. The summed E-state index contributed by atoms with van der Waals surface area (Å²) >= 11 is 0. The van der Waals surface area contributed by atoms with Gasteiger partial charge in [0.2, 0.25) is 23.0 Å². The lowest BCUT2D eigenvalue weighted by molar-refractivity contribution is -0.122. The maximum absolute atomic E-state index is 13.5. The van der Waals surface area contributed by atoms with Crippen molar-refractivity contribution in [2.45, 2.75) is 96.3 Å². The molecule has 2 amide bonds. The molecule has 1 atom stereocenters. The maximum atomic E-state index is 13.5. The highest BCUT2D eigenvalue weighted by atomic mass is 16.5. The van der Waals surface area contributed by atoms with Gasteiger partial charge in [0, 0.05) is 42.6 Å². The second-order valence-electron chi connectivity index (χ2n) is 13.2. The van der Waals surface area contributed by atoms with Crippen LogP contribution in [0.5, 0.6) is 17.2 Å². The van der Waals surface area contributed by atoms with E-state index in [-0.39, 0.29) is 40.4 Å². The summed E-state index contributed by atoms with van der Waals surface area (Å²) in [5.74, 6) is 1.35. The van der Waals surface area contributed by atoms with Crippen molar-refractivity contribution in [2.75, 3.05) is 33.2 Å². The van der Waals surface area contributed by atoms with E-state index in [0.717, 1.165) is 29.5 Å². The minimum Gasteiger partial charge on any atom is -0.493 e. The fraction of sp³-hybridized carbons (Fsp3) is 0.559. The van der Waals surface area contributed by atoms with Crippen molar-refractivity contribution in [3.8, 4) is 28.4 Å². The van der Waals surface area contributed by atoms with E-state index in [9.17, 15) is 14.4 Å². The van der Waals surface area contributed by atoms with Gasteiger partial charge in [0.1, 0.15) is 0 Å². The molecule has 0 aromatic heterocycles. The van der Waals surface area contributed by atoms with E-state index in [1.807, 2.05) is 12.1 Å². The summed E-state index contributed by atoms with van der Waals surface area (Å²) in [4.78, 5) is 38.5. The van der Waals surface area contributed by atoms with Gasteiger partial charge in [0.15, 0.2) is 11.5 Å². The van der Waals surface area contributed by atoms with Gasteiger partial charge < -0.3 is 35.5 Å². The zero-order valence-corrected chi connectivity index (χ0v) is 27.4. The molecule has 10 nitrogen and oxygen atoms in total. The van der Waals surface area contributed by atoms with Crippen LogP contribution in [-0.4, -0.2) is 56.8 Å². The number of carbonyl (C=O) groups is 2. The Kier molecular flexibility index (Phi) is 10.1.